The Bertz CT molecular complexity index is 697. The Morgan fingerprint density at radius 3 is 2.86 bits per heavy atom. The van der Waals surface area contributed by atoms with Gasteiger partial charge in [-0.05, 0) is 11.5 Å². The van der Waals surface area contributed by atoms with Crippen LogP contribution in [0.25, 0.3) is 10.8 Å². The molecule has 0 radical (unpaired) electrons. The quantitative estimate of drug-likeness (QED) is 0.721. The highest BCUT2D eigenvalue weighted by molar-refractivity contribution is 5.90. The van der Waals surface area contributed by atoms with Gasteiger partial charge in [0.2, 0.25) is 5.91 Å². The topological polar surface area (TPSA) is 79.5 Å². The summed E-state index contributed by atoms with van der Waals surface area (Å²) in [6, 6.07) is 13.0. The number of fused-ring (bicyclic) bond motifs is 1. The van der Waals surface area contributed by atoms with Crippen molar-refractivity contribution >= 4 is 22.7 Å². The van der Waals surface area contributed by atoms with Crippen LogP contribution >= 0.6 is 0 Å². The maximum Gasteiger partial charge on any atom is 0.315 e. The lowest BCUT2D eigenvalue weighted by Gasteiger charge is -2.12. The van der Waals surface area contributed by atoms with Crippen LogP contribution in [-0.4, -0.2) is 37.7 Å². The van der Waals surface area contributed by atoms with E-state index in [0.717, 1.165) is 16.5 Å². The SMILES string of the molecule is O=C1NC[C@H](C(=O)NCCOc2cccc3ccccc23)N1. The fourth-order valence-corrected chi connectivity index (χ4v) is 2.39. The molecule has 3 amide bonds. The predicted molar refractivity (Wildman–Crippen MR) is 82.8 cm³/mol. The Morgan fingerprint density at radius 1 is 1.23 bits per heavy atom. The van der Waals surface area contributed by atoms with E-state index in [1.807, 2.05) is 42.5 Å². The van der Waals surface area contributed by atoms with Crippen LogP contribution in [0.1, 0.15) is 0 Å². The first kappa shape index (κ1) is 14.2. The van der Waals surface area contributed by atoms with Crippen LogP contribution in [0.4, 0.5) is 4.79 Å². The lowest BCUT2D eigenvalue weighted by molar-refractivity contribution is -0.122. The maximum absolute atomic E-state index is 11.8. The molecular weight excluding hydrogens is 282 g/mol. The molecule has 114 valence electrons. The summed E-state index contributed by atoms with van der Waals surface area (Å²) in [4.78, 5) is 22.8. The number of carbonyl (C=O) groups is 2. The van der Waals surface area contributed by atoms with E-state index < -0.39 is 6.04 Å². The Labute approximate surface area is 127 Å². The third-order valence-electron chi connectivity index (χ3n) is 3.50. The van der Waals surface area contributed by atoms with Gasteiger partial charge in [0.15, 0.2) is 0 Å². The lowest BCUT2D eigenvalue weighted by atomic mass is 10.1. The second-order valence-corrected chi connectivity index (χ2v) is 5.02. The van der Waals surface area contributed by atoms with Gasteiger partial charge in [0, 0.05) is 11.9 Å². The van der Waals surface area contributed by atoms with Crippen molar-refractivity contribution in [1.82, 2.24) is 16.0 Å². The maximum atomic E-state index is 11.8. The van der Waals surface area contributed by atoms with Crippen LogP contribution in [0.3, 0.4) is 0 Å². The van der Waals surface area contributed by atoms with Gasteiger partial charge in [-0.15, -0.1) is 0 Å². The van der Waals surface area contributed by atoms with E-state index in [2.05, 4.69) is 16.0 Å². The Hall–Kier alpha value is -2.76. The van der Waals surface area contributed by atoms with Crippen molar-refractivity contribution in [3.63, 3.8) is 0 Å². The van der Waals surface area contributed by atoms with Gasteiger partial charge in [-0.25, -0.2) is 4.79 Å². The molecule has 2 aromatic carbocycles. The van der Waals surface area contributed by atoms with Crippen molar-refractivity contribution in [3.8, 4) is 5.75 Å². The zero-order chi connectivity index (χ0) is 15.4. The number of carbonyl (C=O) groups excluding carboxylic acids is 2. The van der Waals surface area contributed by atoms with Crippen LogP contribution in [0, 0.1) is 0 Å². The van der Waals surface area contributed by atoms with E-state index in [9.17, 15) is 9.59 Å². The zero-order valence-corrected chi connectivity index (χ0v) is 12.0. The molecule has 1 fully saturated rings. The largest absolute Gasteiger partial charge is 0.491 e. The molecule has 1 aliphatic heterocycles. The van der Waals surface area contributed by atoms with Gasteiger partial charge in [0.25, 0.3) is 0 Å². The molecule has 1 atom stereocenters. The Balaban J connectivity index is 1.50. The van der Waals surface area contributed by atoms with E-state index in [4.69, 9.17) is 4.74 Å². The van der Waals surface area contributed by atoms with Crippen molar-refractivity contribution < 1.29 is 14.3 Å². The Kier molecular flexibility index (Phi) is 4.09. The van der Waals surface area contributed by atoms with Crippen molar-refractivity contribution in [1.29, 1.82) is 0 Å². The number of ether oxygens (including phenoxy) is 1. The van der Waals surface area contributed by atoms with Crippen molar-refractivity contribution in [2.24, 2.45) is 0 Å². The molecule has 1 saturated heterocycles. The molecule has 0 bridgehead atoms. The van der Waals surface area contributed by atoms with E-state index in [-0.39, 0.29) is 11.9 Å². The standard InChI is InChI=1S/C16H17N3O3/c20-15(13-10-18-16(21)19-13)17-8-9-22-14-7-3-5-11-4-1-2-6-12(11)14/h1-7,13H,8-10H2,(H,17,20)(H2,18,19,21)/t13-/m1/s1. The first-order chi connectivity index (χ1) is 10.7. The molecule has 22 heavy (non-hydrogen) atoms. The second kappa shape index (κ2) is 6.34. The summed E-state index contributed by atoms with van der Waals surface area (Å²) in [6.07, 6.45) is 0. The zero-order valence-electron chi connectivity index (χ0n) is 12.0. The Morgan fingerprint density at radius 2 is 2.05 bits per heavy atom. The lowest BCUT2D eigenvalue weighted by Crippen LogP contribution is -2.44. The number of amides is 3. The molecule has 0 aliphatic carbocycles. The fourth-order valence-electron chi connectivity index (χ4n) is 2.39. The number of rotatable bonds is 5. The molecule has 0 unspecified atom stereocenters. The highest BCUT2D eigenvalue weighted by Crippen LogP contribution is 2.24. The molecule has 6 nitrogen and oxygen atoms in total. The third kappa shape index (κ3) is 3.11. The minimum Gasteiger partial charge on any atom is -0.491 e. The summed E-state index contributed by atoms with van der Waals surface area (Å²) in [6.45, 7) is 1.07. The molecule has 2 aromatic rings. The molecule has 0 aromatic heterocycles. The van der Waals surface area contributed by atoms with E-state index in [1.165, 1.54) is 0 Å². The van der Waals surface area contributed by atoms with Gasteiger partial charge in [-0.3, -0.25) is 4.79 Å². The van der Waals surface area contributed by atoms with E-state index in [0.29, 0.717) is 19.7 Å². The minimum absolute atomic E-state index is 0.208. The van der Waals surface area contributed by atoms with E-state index >= 15 is 0 Å². The number of hydrogen-bond donors (Lipinski definition) is 3. The molecule has 1 heterocycles. The number of hydrogen-bond acceptors (Lipinski definition) is 3. The summed E-state index contributed by atoms with van der Waals surface area (Å²) < 4.78 is 5.74. The van der Waals surface area contributed by atoms with Gasteiger partial charge in [0.05, 0.1) is 6.54 Å². The monoisotopic (exact) mass is 299 g/mol. The molecule has 3 rings (SSSR count). The molecule has 1 aliphatic rings. The highest BCUT2D eigenvalue weighted by Gasteiger charge is 2.26. The number of urea groups is 1. The first-order valence-corrected chi connectivity index (χ1v) is 7.17. The van der Waals surface area contributed by atoms with Crippen molar-refractivity contribution in [3.05, 3.63) is 42.5 Å². The summed E-state index contributed by atoms with van der Waals surface area (Å²) in [5.41, 5.74) is 0. The molecule has 6 heteroatoms. The summed E-state index contributed by atoms with van der Waals surface area (Å²) in [5.74, 6) is 0.586. The van der Waals surface area contributed by atoms with Crippen LogP contribution < -0.4 is 20.7 Å². The van der Waals surface area contributed by atoms with Gasteiger partial charge >= 0.3 is 6.03 Å². The van der Waals surface area contributed by atoms with Crippen LogP contribution in [0.2, 0.25) is 0 Å². The smallest absolute Gasteiger partial charge is 0.315 e. The molecule has 0 spiro atoms. The van der Waals surface area contributed by atoms with Gasteiger partial charge in [-0.1, -0.05) is 36.4 Å². The average molecular weight is 299 g/mol. The molecule has 0 saturated carbocycles. The average Bonchev–Trinajstić information content (AvgIpc) is 2.98. The van der Waals surface area contributed by atoms with Crippen molar-refractivity contribution in [2.45, 2.75) is 6.04 Å². The summed E-state index contributed by atoms with van der Waals surface area (Å²) in [7, 11) is 0. The predicted octanol–water partition coefficient (Wildman–Crippen LogP) is 1.02. The van der Waals surface area contributed by atoms with Gasteiger partial charge in [0.1, 0.15) is 18.4 Å². The summed E-state index contributed by atoms with van der Waals surface area (Å²) >= 11 is 0. The molecule has 3 N–H and O–H groups in total. The minimum atomic E-state index is -0.509. The van der Waals surface area contributed by atoms with Crippen LogP contribution in [0.15, 0.2) is 42.5 Å². The normalized spacial score (nSPS) is 16.9. The number of benzene rings is 2. The van der Waals surface area contributed by atoms with Gasteiger partial charge in [-0.2, -0.15) is 0 Å². The number of nitrogens with one attached hydrogen (secondary N) is 3. The third-order valence-corrected chi connectivity index (χ3v) is 3.50. The highest BCUT2D eigenvalue weighted by atomic mass is 16.5. The summed E-state index contributed by atoms with van der Waals surface area (Å²) in [5, 5.41) is 9.98. The van der Waals surface area contributed by atoms with Crippen LogP contribution in [0.5, 0.6) is 5.75 Å². The van der Waals surface area contributed by atoms with Crippen molar-refractivity contribution in [2.75, 3.05) is 19.7 Å². The second-order valence-electron chi connectivity index (χ2n) is 5.02. The van der Waals surface area contributed by atoms with Gasteiger partial charge < -0.3 is 20.7 Å². The van der Waals surface area contributed by atoms with E-state index in [1.54, 1.807) is 0 Å². The first-order valence-electron chi connectivity index (χ1n) is 7.17. The fraction of sp³-hybridized carbons (Fsp3) is 0.250. The molecular formula is C16H17N3O3. The van der Waals surface area contributed by atoms with Crippen LogP contribution in [-0.2, 0) is 4.79 Å².